The molecular weight excluding hydrogens is 621 g/mol. The quantitative estimate of drug-likeness (QED) is 0.169. The highest BCUT2D eigenvalue weighted by Crippen LogP contribution is 2.56. The maximum atomic E-state index is 2.58. The molecule has 1 aromatic heterocycles. The summed E-state index contributed by atoms with van der Waals surface area (Å²) in [5.41, 5.74) is 21.5. The molecule has 7 aromatic rings. The number of para-hydroxylation sites is 1. The molecule has 0 bridgehead atoms. The summed E-state index contributed by atoms with van der Waals surface area (Å²) < 4.78 is 2.70. The molecule has 1 nitrogen and oxygen atoms in total. The van der Waals surface area contributed by atoms with Crippen LogP contribution in [-0.4, -0.2) is 6.71 Å². The highest BCUT2D eigenvalue weighted by atomic mass is 32.1. The average molecular weight is 668 g/mol. The Morgan fingerprint density at radius 3 is 1.60 bits per heavy atom. The summed E-state index contributed by atoms with van der Waals surface area (Å²) in [4.78, 5) is 2.58. The van der Waals surface area contributed by atoms with Crippen molar-refractivity contribution in [1.82, 2.24) is 0 Å². The molecule has 1 aliphatic heterocycles. The lowest BCUT2D eigenvalue weighted by atomic mass is 9.33. The number of anilines is 3. The van der Waals surface area contributed by atoms with Crippen LogP contribution < -0.4 is 21.3 Å². The fourth-order valence-corrected chi connectivity index (χ4v) is 10.7. The smallest absolute Gasteiger partial charge is 0.243 e. The van der Waals surface area contributed by atoms with E-state index in [9.17, 15) is 0 Å². The minimum atomic E-state index is -0.136. The Bertz CT molecular complexity index is 2390. The first-order valence-corrected chi connectivity index (χ1v) is 18.8. The Balaban J connectivity index is 1.41. The molecule has 0 N–H and O–H groups in total. The van der Waals surface area contributed by atoms with Gasteiger partial charge in [-0.2, -0.15) is 0 Å². The molecule has 0 atom stereocenters. The number of rotatable bonds is 4. The predicted molar refractivity (Wildman–Crippen MR) is 222 cm³/mol. The largest absolute Gasteiger partial charge is 0.308 e. The zero-order valence-electron chi connectivity index (χ0n) is 31.2. The van der Waals surface area contributed by atoms with Crippen molar-refractivity contribution >= 4 is 71.7 Å². The summed E-state index contributed by atoms with van der Waals surface area (Å²) >= 11 is 1.93. The Morgan fingerprint density at radius 1 is 0.520 bits per heavy atom. The van der Waals surface area contributed by atoms with Crippen molar-refractivity contribution < 1.29 is 0 Å². The molecule has 0 spiro atoms. The van der Waals surface area contributed by atoms with Gasteiger partial charge in [0.2, 0.25) is 6.71 Å². The van der Waals surface area contributed by atoms with Crippen molar-refractivity contribution in [1.29, 1.82) is 0 Å². The van der Waals surface area contributed by atoms with Crippen LogP contribution in [0.15, 0.2) is 97.1 Å². The third-order valence-corrected chi connectivity index (χ3v) is 12.6. The average Bonchev–Trinajstić information content (AvgIpc) is 3.43. The maximum absolute atomic E-state index is 2.58. The Labute approximate surface area is 302 Å². The third-order valence-electron chi connectivity index (χ3n) is 11.4. The molecule has 6 aromatic carbocycles. The van der Waals surface area contributed by atoms with Crippen molar-refractivity contribution in [2.24, 2.45) is 0 Å². The first kappa shape index (κ1) is 32.6. The Morgan fingerprint density at radius 2 is 1.02 bits per heavy atom. The first-order valence-electron chi connectivity index (χ1n) is 18.0. The van der Waals surface area contributed by atoms with E-state index >= 15 is 0 Å². The molecular formula is C47H46BNS. The van der Waals surface area contributed by atoms with Crippen molar-refractivity contribution in [3.63, 3.8) is 0 Å². The highest BCUT2D eigenvalue weighted by Gasteiger charge is 2.39. The lowest BCUT2D eigenvalue weighted by Gasteiger charge is -2.42. The van der Waals surface area contributed by atoms with Gasteiger partial charge in [-0.3, -0.25) is 0 Å². The van der Waals surface area contributed by atoms with Gasteiger partial charge in [0.1, 0.15) is 0 Å². The number of benzene rings is 6. The molecule has 0 saturated carbocycles. The summed E-state index contributed by atoms with van der Waals surface area (Å²) in [7, 11) is 0. The molecule has 0 unspecified atom stereocenters. The summed E-state index contributed by atoms with van der Waals surface area (Å²) in [6, 6.07) is 37.1. The molecule has 248 valence electrons. The second-order valence-electron chi connectivity index (χ2n) is 15.5. The van der Waals surface area contributed by atoms with Crippen LogP contribution >= 0.6 is 11.3 Å². The van der Waals surface area contributed by atoms with Crippen LogP contribution in [0, 0.1) is 55.4 Å². The molecule has 0 amide bonds. The molecule has 0 aliphatic carbocycles. The van der Waals surface area contributed by atoms with Crippen molar-refractivity contribution in [3.8, 4) is 0 Å². The van der Waals surface area contributed by atoms with Gasteiger partial charge in [0.05, 0.1) is 16.1 Å². The highest BCUT2D eigenvalue weighted by molar-refractivity contribution is 7.26. The summed E-state index contributed by atoms with van der Waals surface area (Å²) in [5, 5.41) is 2.68. The van der Waals surface area contributed by atoms with Crippen LogP contribution in [0.2, 0.25) is 0 Å². The summed E-state index contributed by atoms with van der Waals surface area (Å²) in [6.07, 6.45) is 0. The molecule has 0 radical (unpaired) electrons. The van der Waals surface area contributed by atoms with E-state index in [0.717, 1.165) is 0 Å². The molecule has 0 saturated heterocycles. The fraction of sp³-hybridized carbons (Fsp3) is 0.234. The number of aryl methyl sites for hydroxylation is 8. The van der Waals surface area contributed by atoms with Gasteiger partial charge in [-0.15, -0.1) is 11.3 Å². The van der Waals surface area contributed by atoms with Crippen LogP contribution in [0.25, 0.3) is 20.2 Å². The number of thiophene rings is 1. The van der Waals surface area contributed by atoms with Gasteiger partial charge in [0.25, 0.3) is 0 Å². The molecule has 0 fully saturated rings. The van der Waals surface area contributed by atoms with Gasteiger partial charge in [-0.25, -0.2) is 0 Å². The molecule has 1 aliphatic rings. The number of nitrogens with zero attached hydrogens (tertiary/aromatic N) is 1. The van der Waals surface area contributed by atoms with Crippen LogP contribution in [0.5, 0.6) is 0 Å². The number of hydrogen-bond acceptors (Lipinski definition) is 2. The molecule has 50 heavy (non-hydrogen) atoms. The van der Waals surface area contributed by atoms with E-state index in [-0.39, 0.29) is 12.1 Å². The van der Waals surface area contributed by atoms with E-state index < -0.39 is 0 Å². The van der Waals surface area contributed by atoms with Crippen molar-refractivity contribution in [2.45, 2.75) is 74.7 Å². The van der Waals surface area contributed by atoms with Crippen LogP contribution in [0.3, 0.4) is 0 Å². The Kier molecular flexibility index (Phi) is 7.66. The summed E-state index contributed by atoms with van der Waals surface area (Å²) in [5.74, 6) is 0. The van der Waals surface area contributed by atoms with E-state index in [0.29, 0.717) is 0 Å². The van der Waals surface area contributed by atoms with Gasteiger partial charge < -0.3 is 4.90 Å². The zero-order valence-corrected chi connectivity index (χ0v) is 32.0. The van der Waals surface area contributed by atoms with Crippen LogP contribution in [-0.2, 0) is 5.41 Å². The second kappa shape index (κ2) is 11.7. The van der Waals surface area contributed by atoms with Gasteiger partial charge in [0, 0.05) is 26.6 Å². The monoisotopic (exact) mass is 667 g/mol. The van der Waals surface area contributed by atoms with Gasteiger partial charge in [-0.1, -0.05) is 148 Å². The zero-order chi connectivity index (χ0) is 35.2. The molecule has 8 rings (SSSR count). The van der Waals surface area contributed by atoms with Crippen LogP contribution in [0.1, 0.15) is 69.5 Å². The minimum Gasteiger partial charge on any atom is -0.308 e. The first-order chi connectivity index (χ1) is 23.9. The molecule has 3 heteroatoms. The predicted octanol–water partition coefficient (Wildman–Crippen LogP) is 11.1. The lowest BCUT2D eigenvalue weighted by molar-refractivity contribution is 0.633. The second-order valence-corrected chi connectivity index (χ2v) is 16.5. The van der Waals surface area contributed by atoms with E-state index in [1.807, 2.05) is 11.3 Å². The fourth-order valence-electron chi connectivity index (χ4n) is 9.49. The van der Waals surface area contributed by atoms with Crippen molar-refractivity contribution in [2.75, 3.05) is 4.90 Å². The van der Waals surface area contributed by atoms with E-state index in [4.69, 9.17) is 0 Å². The van der Waals surface area contributed by atoms with Gasteiger partial charge >= 0.3 is 0 Å². The van der Waals surface area contributed by atoms with Gasteiger partial charge in [-0.05, 0) is 90.8 Å². The standard InChI is InChI=1S/C47H46BNS/c1-27-21-29(3)42(30(4)22-27)48(43-31(5)23-28(2)24-32(43)6)44-33(7)25-35(26-34(44)8)49-40-17-13-12-16-38(40)47(9,10)39-20-19-37-36-15-11-14-18-41(36)50-46(37)45(39)49/h11-26H,1-10H3. The third kappa shape index (κ3) is 4.88. The lowest BCUT2D eigenvalue weighted by Crippen LogP contribution is -2.57. The van der Waals surface area contributed by atoms with Crippen molar-refractivity contribution in [3.05, 3.63) is 153 Å². The van der Waals surface area contributed by atoms with E-state index in [1.54, 1.807) is 0 Å². The number of hydrogen-bond donors (Lipinski definition) is 0. The van der Waals surface area contributed by atoms with Crippen LogP contribution in [0.4, 0.5) is 17.1 Å². The SMILES string of the molecule is Cc1cc(C)c(B(c2c(C)cc(C)cc2C)c2c(C)cc(N3c4ccccc4C(C)(C)c4ccc5c(sc6ccccc65)c43)cc2C)c(C)c1. The summed E-state index contributed by atoms with van der Waals surface area (Å²) in [6.45, 7) is 23.3. The Hall–Kier alpha value is -4.60. The maximum Gasteiger partial charge on any atom is 0.243 e. The van der Waals surface area contributed by atoms with Gasteiger partial charge in [0.15, 0.2) is 0 Å². The topological polar surface area (TPSA) is 3.24 Å². The number of fused-ring (bicyclic) bond motifs is 6. The van der Waals surface area contributed by atoms with E-state index in [1.165, 1.54) is 109 Å². The van der Waals surface area contributed by atoms with E-state index in [2.05, 4.69) is 171 Å². The molecule has 2 heterocycles. The normalized spacial score (nSPS) is 13.5. The minimum absolute atomic E-state index is 0.136.